The van der Waals surface area contributed by atoms with E-state index in [2.05, 4.69) is 40.8 Å². The average molecular weight is 418 g/mol. The van der Waals surface area contributed by atoms with Gasteiger partial charge >= 0.3 is 12.1 Å². The standard InChI is InChI=1S/C24H22N2O5/c27-21(28)10-5-13-25-22(29)24(11-12-24)15-26-23(30)31-14-20-18-8-3-1-6-16(18)17-7-2-4-9-19(17)20/h1-4,6-9,20H,11-15H2,(H,25,29)(H,26,30)(H,27,28). The fraction of sp³-hybridized carbons (Fsp3) is 0.292. The lowest BCUT2D eigenvalue weighted by Crippen LogP contribution is -2.40. The van der Waals surface area contributed by atoms with Crippen LogP contribution in [0.25, 0.3) is 11.1 Å². The van der Waals surface area contributed by atoms with Gasteiger partial charge in [-0.1, -0.05) is 54.5 Å². The van der Waals surface area contributed by atoms with E-state index in [0.29, 0.717) is 12.8 Å². The summed E-state index contributed by atoms with van der Waals surface area (Å²) in [6.45, 7) is 0.337. The Kier molecular flexibility index (Phi) is 5.63. The maximum atomic E-state index is 12.3. The molecule has 158 valence electrons. The van der Waals surface area contributed by atoms with Crippen molar-refractivity contribution in [2.75, 3.05) is 19.7 Å². The van der Waals surface area contributed by atoms with Gasteiger partial charge in [0.15, 0.2) is 0 Å². The third kappa shape index (κ3) is 4.38. The van der Waals surface area contributed by atoms with Crippen molar-refractivity contribution in [3.63, 3.8) is 0 Å². The van der Waals surface area contributed by atoms with Crippen LogP contribution in [0.4, 0.5) is 4.79 Å². The van der Waals surface area contributed by atoms with Crippen molar-refractivity contribution >= 4 is 18.0 Å². The third-order valence-electron chi connectivity index (χ3n) is 5.78. The fourth-order valence-corrected chi connectivity index (χ4v) is 3.96. The maximum Gasteiger partial charge on any atom is 0.407 e. The number of ether oxygens (including phenoxy) is 1. The molecule has 7 nitrogen and oxygen atoms in total. The molecule has 0 bridgehead atoms. The number of rotatable bonds is 6. The fourth-order valence-electron chi connectivity index (χ4n) is 3.96. The van der Waals surface area contributed by atoms with E-state index < -0.39 is 17.5 Å². The van der Waals surface area contributed by atoms with Gasteiger partial charge in [0.1, 0.15) is 6.61 Å². The smallest absolute Gasteiger partial charge is 0.407 e. The van der Waals surface area contributed by atoms with E-state index in [4.69, 9.17) is 9.84 Å². The molecule has 0 spiro atoms. The van der Waals surface area contributed by atoms with Gasteiger partial charge in [-0.25, -0.2) is 9.59 Å². The van der Waals surface area contributed by atoms with E-state index in [-0.39, 0.29) is 31.5 Å². The van der Waals surface area contributed by atoms with Gasteiger partial charge in [0.2, 0.25) is 5.91 Å². The van der Waals surface area contributed by atoms with Crippen LogP contribution in [0.2, 0.25) is 0 Å². The van der Waals surface area contributed by atoms with Gasteiger partial charge in [-0.3, -0.25) is 4.79 Å². The van der Waals surface area contributed by atoms with E-state index in [1.54, 1.807) is 0 Å². The first-order valence-electron chi connectivity index (χ1n) is 10.1. The van der Waals surface area contributed by atoms with E-state index >= 15 is 0 Å². The summed E-state index contributed by atoms with van der Waals surface area (Å²) in [7, 11) is 0. The van der Waals surface area contributed by atoms with Crippen LogP contribution in [0.5, 0.6) is 0 Å². The zero-order chi connectivity index (χ0) is 21.8. The Hall–Kier alpha value is -3.79. The van der Waals surface area contributed by atoms with Crippen molar-refractivity contribution in [3.05, 3.63) is 59.7 Å². The highest BCUT2D eigenvalue weighted by molar-refractivity contribution is 5.88. The molecule has 0 heterocycles. The second-order valence-corrected chi connectivity index (χ2v) is 7.75. The number of carboxylic acids is 1. The maximum absolute atomic E-state index is 12.3. The number of nitrogens with one attached hydrogen (secondary N) is 2. The summed E-state index contributed by atoms with van der Waals surface area (Å²) >= 11 is 0. The molecule has 1 fully saturated rings. The summed E-state index contributed by atoms with van der Waals surface area (Å²) in [5.41, 5.74) is 3.92. The Balaban J connectivity index is 1.30. The van der Waals surface area contributed by atoms with Crippen molar-refractivity contribution < 1.29 is 24.2 Å². The molecule has 31 heavy (non-hydrogen) atoms. The molecule has 7 heteroatoms. The number of hydrogen-bond acceptors (Lipinski definition) is 4. The molecule has 0 aromatic heterocycles. The highest BCUT2D eigenvalue weighted by Crippen LogP contribution is 2.46. The lowest BCUT2D eigenvalue weighted by Gasteiger charge is -2.17. The minimum absolute atomic E-state index is 0.0239. The van der Waals surface area contributed by atoms with Gasteiger partial charge in [-0.15, -0.1) is 0 Å². The van der Waals surface area contributed by atoms with Crippen molar-refractivity contribution in [1.82, 2.24) is 10.6 Å². The molecule has 0 saturated heterocycles. The number of fused-ring (bicyclic) bond motifs is 3. The quantitative estimate of drug-likeness (QED) is 0.626. The molecule has 3 N–H and O–H groups in total. The summed E-state index contributed by atoms with van der Waals surface area (Å²) < 4.78 is 5.50. The van der Waals surface area contributed by atoms with Gasteiger partial charge in [-0.05, 0) is 35.1 Å². The van der Waals surface area contributed by atoms with Crippen LogP contribution in [0.3, 0.4) is 0 Å². The van der Waals surface area contributed by atoms with Crippen molar-refractivity contribution in [2.24, 2.45) is 5.41 Å². The van der Waals surface area contributed by atoms with Crippen LogP contribution < -0.4 is 10.6 Å². The first-order valence-corrected chi connectivity index (χ1v) is 10.1. The minimum atomic E-state index is -1.24. The normalized spacial score (nSPS) is 15.0. The Morgan fingerprint density at radius 1 is 1.00 bits per heavy atom. The molecule has 2 aromatic carbocycles. The van der Waals surface area contributed by atoms with Gasteiger partial charge in [0.25, 0.3) is 0 Å². The van der Waals surface area contributed by atoms with Crippen LogP contribution in [-0.4, -0.2) is 42.8 Å². The average Bonchev–Trinajstić information content (AvgIpc) is 3.50. The molecule has 2 aliphatic rings. The summed E-state index contributed by atoms with van der Waals surface area (Å²) in [4.78, 5) is 35.0. The topological polar surface area (TPSA) is 105 Å². The van der Waals surface area contributed by atoms with Crippen molar-refractivity contribution in [2.45, 2.75) is 18.8 Å². The van der Waals surface area contributed by atoms with Crippen LogP contribution in [0.15, 0.2) is 48.5 Å². The minimum Gasteiger partial charge on any atom is -0.472 e. The second kappa shape index (κ2) is 8.52. The lowest BCUT2D eigenvalue weighted by atomic mass is 9.98. The summed E-state index contributed by atoms with van der Waals surface area (Å²) in [5, 5.41) is 13.8. The zero-order valence-corrected chi connectivity index (χ0v) is 16.8. The van der Waals surface area contributed by atoms with Crippen LogP contribution >= 0.6 is 0 Å². The Bertz CT molecular complexity index is 1050. The Morgan fingerprint density at radius 3 is 2.19 bits per heavy atom. The summed E-state index contributed by atoms with van der Waals surface area (Å²) in [6, 6.07) is 16.2. The number of carbonyl (C=O) groups is 3. The van der Waals surface area contributed by atoms with Crippen molar-refractivity contribution in [1.29, 1.82) is 0 Å². The van der Waals surface area contributed by atoms with E-state index in [1.165, 1.54) is 0 Å². The van der Waals surface area contributed by atoms with E-state index in [1.807, 2.05) is 30.2 Å². The van der Waals surface area contributed by atoms with Gasteiger partial charge in [-0.2, -0.15) is 0 Å². The number of carbonyl (C=O) groups excluding carboxylic acids is 2. The predicted octanol–water partition coefficient (Wildman–Crippen LogP) is 2.51. The van der Waals surface area contributed by atoms with E-state index in [9.17, 15) is 14.4 Å². The molecule has 4 rings (SSSR count). The zero-order valence-electron chi connectivity index (χ0n) is 16.8. The number of amides is 2. The highest BCUT2D eigenvalue weighted by atomic mass is 16.5. The lowest BCUT2D eigenvalue weighted by molar-refractivity contribution is -0.130. The summed E-state index contributed by atoms with van der Waals surface area (Å²) in [6.07, 6.45) is 0.732. The first-order chi connectivity index (χ1) is 15.0. The third-order valence-corrected chi connectivity index (χ3v) is 5.78. The SMILES string of the molecule is O=C(O)C#CCNC(=O)C1(CNC(=O)OCC2c3ccccc3-c3ccccc32)CC1. The largest absolute Gasteiger partial charge is 0.472 e. The number of hydrogen-bond donors (Lipinski definition) is 3. The van der Waals surface area contributed by atoms with Crippen LogP contribution in [0.1, 0.15) is 29.9 Å². The molecular weight excluding hydrogens is 396 g/mol. The molecular formula is C24H22N2O5. The first kappa shape index (κ1) is 20.5. The van der Waals surface area contributed by atoms with Gasteiger partial charge in [0.05, 0.1) is 12.0 Å². The molecule has 2 aliphatic carbocycles. The number of benzene rings is 2. The molecule has 0 aliphatic heterocycles. The highest BCUT2D eigenvalue weighted by Gasteiger charge is 2.49. The van der Waals surface area contributed by atoms with Crippen LogP contribution in [-0.2, 0) is 14.3 Å². The number of alkyl carbamates (subject to hydrolysis) is 1. The summed E-state index contributed by atoms with van der Waals surface area (Å²) in [5.74, 6) is 2.79. The second-order valence-electron chi connectivity index (χ2n) is 7.75. The van der Waals surface area contributed by atoms with Crippen LogP contribution in [0, 0.1) is 17.3 Å². The molecule has 1 saturated carbocycles. The van der Waals surface area contributed by atoms with Crippen molar-refractivity contribution in [3.8, 4) is 23.0 Å². The molecule has 0 radical (unpaired) electrons. The predicted molar refractivity (Wildman–Crippen MR) is 113 cm³/mol. The monoisotopic (exact) mass is 418 g/mol. The number of aliphatic carboxylic acids is 1. The molecule has 0 atom stereocenters. The van der Waals surface area contributed by atoms with E-state index in [0.717, 1.165) is 22.3 Å². The Labute approximate surface area is 179 Å². The van der Waals surface area contributed by atoms with Gasteiger partial charge in [0, 0.05) is 18.4 Å². The number of carboxylic acid groups (broad SMARTS) is 1. The van der Waals surface area contributed by atoms with Gasteiger partial charge < -0.3 is 20.5 Å². The molecule has 2 aromatic rings. The Morgan fingerprint density at radius 2 is 1.61 bits per heavy atom. The molecule has 2 amide bonds. The molecule has 0 unspecified atom stereocenters.